The van der Waals surface area contributed by atoms with Crippen molar-refractivity contribution in [3.63, 3.8) is 0 Å². The highest BCUT2D eigenvalue weighted by Crippen LogP contribution is 2.29. The third kappa shape index (κ3) is 2.14. The summed E-state index contributed by atoms with van der Waals surface area (Å²) in [4.78, 5) is 2.65. The Hall–Kier alpha value is -1.68. The molecule has 0 radical (unpaired) electrons. The van der Waals surface area contributed by atoms with Gasteiger partial charge in [0.05, 0.1) is 17.4 Å². The molecule has 2 aliphatic heterocycles. The molecule has 104 valence electrons. The van der Waals surface area contributed by atoms with E-state index in [1.807, 2.05) is 18.3 Å². The molecule has 2 atom stereocenters. The van der Waals surface area contributed by atoms with E-state index in [9.17, 15) is 0 Å². The van der Waals surface area contributed by atoms with Crippen molar-refractivity contribution in [2.75, 3.05) is 18.4 Å². The summed E-state index contributed by atoms with van der Waals surface area (Å²) in [6.07, 6.45) is 7.10. The molecule has 2 aliphatic rings. The molecule has 0 aliphatic carbocycles. The predicted octanol–water partition coefficient (Wildman–Crippen LogP) is 2.67. The molecular formula is C16H20N4. The van der Waals surface area contributed by atoms with Gasteiger partial charge in [0.25, 0.3) is 0 Å². The summed E-state index contributed by atoms with van der Waals surface area (Å²) in [6, 6.07) is 9.58. The lowest BCUT2D eigenvalue weighted by Gasteiger charge is -2.35. The highest BCUT2D eigenvalue weighted by atomic mass is 15.2. The highest BCUT2D eigenvalue weighted by molar-refractivity contribution is 5.90. The van der Waals surface area contributed by atoms with Crippen LogP contribution in [0.15, 0.2) is 30.5 Å². The molecule has 4 rings (SSSR count). The fraction of sp³-hybridized carbons (Fsp3) is 0.500. The molecule has 2 unspecified atom stereocenters. The zero-order chi connectivity index (χ0) is 13.4. The fourth-order valence-electron chi connectivity index (χ4n) is 3.70. The van der Waals surface area contributed by atoms with Gasteiger partial charge in [-0.3, -0.25) is 0 Å². The minimum absolute atomic E-state index is 0.571. The first kappa shape index (κ1) is 12.1. The summed E-state index contributed by atoms with van der Waals surface area (Å²) >= 11 is 0. The van der Waals surface area contributed by atoms with Crippen molar-refractivity contribution in [1.29, 1.82) is 0 Å². The molecule has 2 saturated heterocycles. The van der Waals surface area contributed by atoms with Crippen LogP contribution < -0.4 is 5.32 Å². The third-order valence-corrected chi connectivity index (χ3v) is 4.73. The van der Waals surface area contributed by atoms with Crippen LogP contribution >= 0.6 is 0 Å². The van der Waals surface area contributed by atoms with Gasteiger partial charge in [0.2, 0.25) is 0 Å². The van der Waals surface area contributed by atoms with Gasteiger partial charge in [-0.1, -0.05) is 18.2 Å². The number of aromatic nitrogens is 2. The molecule has 3 heterocycles. The maximum Gasteiger partial charge on any atom is 0.0950 e. The van der Waals surface area contributed by atoms with Crippen LogP contribution in [0, 0.1) is 0 Å². The van der Waals surface area contributed by atoms with E-state index in [0.29, 0.717) is 6.04 Å². The van der Waals surface area contributed by atoms with Gasteiger partial charge in [0, 0.05) is 24.0 Å². The van der Waals surface area contributed by atoms with E-state index in [0.717, 1.165) is 17.2 Å². The topological polar surface area (TPSA) is 41.0 Å². The lowest BCUT2D eigenvalue weighted by atomic mass is 9.97. The van der Waals surface area contributed by atoms with Crippen molar-refractivity contribution >= 4 is 16.6 Å². The highest BCUT2D eigenvalue weighted by Gasteiger charge is 2.31. The van der Waals surface area contributed by atoms with E-state index in [2.05, 4.69) is 32.5 Å². The van der Waals surface area contributed by atoms with Crippen molar-refractivity contribution in [1.82, 2.24) is 15.1 Å². The Morgan fingerprint density at radius 3 is 3.10 bits per heavy atom. The van der Waals surface area contributed by atoms with Gasteiger partial charge >= 0.3 is 0 Å². The maximum atomic E-state index is 4.19. The zero-order valence-electron chi connectivity index (χ0n) is 11.6. The molecule has 1 N–H and O–H groups in total. The van der Waals surface area contributed by atoms with Crippen LogP contribution in [0.1, 0.15) is 25.7 Å². The van der Waals surface area contributed by atoms with Gasteiger partial charge < -0.3 is 10.2 Å². The largest absolute Gasteiger partial charge is 0.380 e. The number of hydrogen-bond acceptors (Lipinski definition) is 4. The minimum Gasteiger partial charge on any atom is -0.380 e. The van der Waals surface area contributed by atoms with Crippen LogP contribution in [0.5, 0.6) is 0 Å². The Labute approximate surface area is 119 Å². The number of anilines is 1. The van der Waals surface area contributed by atoms with Crippen molar-refractivity contribution in [3.8, 4) is 0 Å². The molecular weight excluding hydrogens is 248 g/mol. The molecule has 1 aromatic heterocycles. The monoisotopic (exact) mass is 268 g/mol. The summed E-state index contributed by atoms with van der Waals surface area (Å²) < 4.78 is 0. The maximum absolute atomic E-state index is 4.19. The lowest BCUT2D eigenvalue weighted by molar-refractivity contribution is 0.188. The first-order chi connectivity index (χ1) is 9.90. The van der Waals surface area contributed by atoms with Crippen molar-refractivity contribution in [2.45, 2.75) is 37.8 Å². The fourth-order valence-corrected chi connectivity index (χ4v) is 3.70. The number of hydrogen-bond donors (Lipinski definition) is 1. The summed E-state index contributed by atoms with van der Waals surface area (Å²) in [7, 11) is 0. The molecule has 0 amide bonds. The molecule has 4 nitrogen and oxygen atoms in total. The second-order valence-electron chi connectivity index (χ2n) is 5.97. The summed E-state index contributed by atoms with van der Waals surface area (Å²) in [6.45, 7) is 2.54. The van der Waals surface area contributed by atoms with E-state index < -0.39 is 0 Å². The normalized spacial score (nSPS) is 26.6. The summed E-state index contributed by atoms with van der Waals surface area (Å²) in [5.41, 5.74) is 2.10. The van der Waals surface area contributed by atoms with Crippen LogP contribution in [0.3, 0.4) is 0 Å². The van der Waals surface area contributed by atoms with Gasteiger partial charge in [0.1, 0.15) is 0 Å². The average Bonchev–Trinajstić information content (AvgIpc) is 2.95. The SMILES string of the molecule is c1ccc2c(NC3CCN4CCCC4C3)cnnc2c1. The number of benzene rings is 1. The minimum atomic E-state index is 0.571. The first-order valence-electron chi connectivity index (χ1n) is 7.61. The molecule has 0 saturated carbocycles. The van der Waals surface area contributed by atoms with E-state index in [4.69, 9.17) is 0 Å². The first-order valence-corrected chi connectivity index (χ1v) is 7.61. The van der Waals surface area contributed by atoms with Crippen molar-refractivity contribution in [2.24, 2.45) is 0 Å². The third-order valence-electron chi connectivity index (χ3n) is 4.73. The second kappa shape index (κ2) is 5.02. The van der Waals surface area contributed by atoms with E-state index in [1.54, 1.807) is 0 Å². The quantitative estimate of drug-likeness (QED) is 0.909. The molecule has 0 spiro atoms. The van der Waals surface area contributed by atoms with Gasteiger partial charge in [-0.05, 0) is 38.3 Å². The Bertz CT molecular complexity index is 607. The average molecular weight is 268 g/mol. The number of rotatable bonds is 2. The standard InChI is InChI=1S/C16H20N4/c1-2-6-15-14(5-1)16(11-17-19-15)18-12-7-9-20-8-3-4-13(20)10-12/h1-2,5-6,11-13H,3-4,7-10H2,(H,18,19). The van der Waals surface area contributed by atoms with Crippen molar-refractivity contribution in [3.05, 3.63) is 30.5 Å². The number of piperidine rings is 1. The second-order valence-corrected chi connectivity index (χ2v) is 5.97. The van der Waals surface area contributed by atoms with Crippen molar-refractivity contribution < 1.29 is 0 Å². The molecule has 20 heavy (non-hydrogen) atoms. The van der Waals surface area contributed by atoms with E-state index >= 15 is 0 Å². The molecule has 1 aromatic carbocycles. The Morgan fingerprint density at radius 1 is 1.15 bits per heavy atom. The Balaban J connectivity index is 1.56. The van der Waals surface area contributed by atoms with Gasteiger partial charge in [-0.2, -0.15) is 10.2 Å². The van der Waals surface area contributed by atoms with Crippen LogP contribution in [-0.4, -0.2) is 40.3 Å². The van der Waals surface area contributed by atoms with Gasteiger partial charge in [0.15, 0.2) is 0 Å². The molecule has 4 heteroatoms. The summed E-state index contributed by atoms with van der Waals surface area (Å²) in [5, 5.41) is 13.2. The number of fused-ring (bicyclic) bond motifs is 2. The van der Waals surface area contributed by atoms with Crippen LogP contribution in [-0.2, 0) is 0 Å². The predicted molar refractivity (Wildman–Crippen MR) is 80.8 cm³/mol. The van der Waals surface area contributed by atoms with Crippen LogP contribution in [0.4, 0.5) is 5.69 Å². The molecule has 2 aromatic rings. The molecule has 2 fully saturated rings. The van der Waals surface area contributed by atoms with Crippen LogP contribution in [0.25, 0.3) is 10.9 Å². The van der Waals surface area contributed by atoms with Gasteiger partial charge in [-0.15, -0.1) is 0 Å². The lowest BCUT2D eigenvalue weighted by Crippen LogP contribution is -2.42. The van der Waals surface area contributed by atoms with E-state index in [1.165, 1.54) is 44.2 Å². The summed E-state index contributed by atoms with van der Waals surface area (Å²) in [5.74, 6) is 0. The Kier molecular flexibility index (Phi) is 3.03. The number of nitrogens with one attached hydrogen (secondary N) is 1. The smallest absolute Gasteiger partial charge is 0.0950 e. The Morgan fingerprint density at radius 2 is 2.10 bits per heavy atom. The molecule has 0 bridgehead atoms. The van der Waals surface area contributed by atoms with Crippen LogP contribution in [0.2, 0.25) is 0 Å². The number of nitrogens with zero attached hydrogens (tertiary/aromatic N) is 3. The zero-order valence-corrected chi connectivity index (χ0v) is 11.6. The van der Waals surface area contributed by atoms with Gasteiger partial charge in [-0.25, -0.2) is 0 Å². The van der Waals surface area contributed by atoms with E-state index in [-0.39, 0.29) is 0 Å².